The van der Waals surface area contributed by atoms with E-state index in [1.165, 1.54) is 0 Å². The van der Waals surface area contributed by atoms with Crippen molar-refractivity contribution in [3.63, 3.8) is 0 Å². The molecule has 21 heavy (non-hydrogen) atoms. The molecule has 0 unspecified atom stereocenters. The monoisotopic (exact) mass is 312 g/mol. The molecule has 0 radical (unpaired) electrons. The third-order valence-electron chi connectivity index (χ3n) is 3.74. The summed E-state index contributed by atoms with van der Waals surface area (Å²) < 4.78 is 31.7. The van der Waals surface area contributed by atoms with E-state index in [0.717, 1.165) is 37.1 Å². The average molecular weight is 312 g/mol. The summed E-state index contributed by atoms with van der Waals surface area (Å²) in [4.78, 5) is 4.20. The van der Waals surface area contributed by atoms with Crippen LogP contribution >= 0.6 is 0 Å². The van der Waals surface area contributed by atoms with Gasteiger partial charge in [-0.1, -0.05) is 13.3 Å². The molecule has 0 bridgehead atoms. The minimum absolute atomic E-state index is 0.0760. The van der Waals surface area contributed by atoms with Crippen molar-refractivity contribution in [2.24, 2.45) is 0 Å². The van der Waals surface area contributed by atoms with Crippen molar-refractivity contribution in [1.29, 1.82) is 0 Å². The van der Waals surface area contributed by atoms with E-state index < -0.39 is 10.0 Å². The second-order valence-electron chi connectivity index (χ2n) is 5.52. The number of aryl methyl sites for hydroxylation is 1. The lowest BCUT2D eigenvalue weighted by atomic mass is 10.1. The molecular formula is C15H24N2O3S. The molecule has 1 fully saturated rings. The number of sulfonamides is 1. The normalized spacial score (nSPS) is 17.8. The summed E-state index contributed by atoms with van der Waals surface area (Å²) in [6, 6.07) is 3.83. The van der Waals surface area contributed by atoms with Gasteiger partial charge in [0.05, 0.1) is 11.9 Å². The van der Waals surface area contributed by atoms with Crippen molar-refractivity contribution in [3.8, 4) is 5.75 Å². The first-order valence-corrected chi connectivity index (χ1v) is 9.19. The van der Waals surface area contributed by atoms with E-state index in [9.17, 15) is 8.42 Å². The molecule has 1 aliphatic heterocycles. The van der Waals surface area contributed by atoms with Crippen LogP contribution in [0.2, 0.25) is 0 Å². The van der Waals surface area contributed by atoms with Gasteiger partial charge >= 0.3 is 0 Å². The Labute approximate surface area is 127 Å². The van der Waals surface area contributed by atoms with Gasteiger partial charge in [-0.3, -0.25) is 4.98 Å². The number of rotatable bonds is 6. The first kappa shape index (κ1) is 16.2. The fourth-order valence-corrected chi connectivity index (χ4v) is 4.08. The second-order valence-corrected chi connectivity index (χ2v) is 7.61. The van der Waals surface area contributed by atoms with Crippen LogP contribution in [-0.2, 0) is 10.0 Å². The first-order chi connectivity index (χ1) is 10.0. The minimum atomic E-state index is -3.08. The Morgan fingerprint density at radius 1 is 1.33 bits per heavy atom. The van der Waals surface area contributed by atoms with E-state index in [1.54, 1.807) is 10.5 Å². The van der Waals surface area contributed by atoms with E-state index in [-0.39, 0.29) is 11.9 Å². The van der Waals surface area contributed by atoms with Crippen LogP contribution in [-0.4, -0.2) is 42.7 Å². The van der Waals surface area contributed by atoms with Gasteiger partial charge in [0.1, 0.15) is 11.9 Å². The molecule has 0 spiro atoms. The highest BCUT2D eigenvalue weighted by molar-refractivity contribution is 7.89. The molecule has 0 amide bonds. The maximum Gasteiger partial charge on any atom is 0.214 e. The van der Waals surface area contributed by atoms with E-state index in [2.05, 4.69) is 4.98 Å². The Balaban J connectivity index is 1.84. The molecular weight excluding hydrogens is 288 g/mol. The van der Waals surface area contributed by atoms with Gasteiger partial charge in [-0.15, -0.1) is 0 Å². The Morgan fingerprint density at radius 2 is 2.05 bits per heavy atom. The maximum absolute atomic E-state index is 12.1. The summed E-state index contributed by atoms with van der Waals surface area (Å²) in [6.45, 7) is 5.04. The molecule has 1 aliphatic rings. The summed E-state index contributed by atoms with van der Waals surface area (Å²) in [6.07, 6.45) is 4.90. The summed E-state index contributed by atoms with van der Waals surface area (Å²) in [5.41, 5.74) is 0.958. The second kappa shape index (κ2) is 7.22. The zero-order chi connectivity index (χ0) is 15.3. The van der Waals surface area contributed by atoms with Crippen LogP contribution in [0.25, 0.3) is 0 Å². The van der Waals surface area contributed by atoms with Crippen molar-refractivity contribution in [2.45, 2.75) is 45.6 Å². The third kappa shape index (κ3) is 4.68. The van der Waals surface area contributed by atoms with Crippen LogP contribution < -0.4 is 4.74 Å². The van der Waals surface area contributed by atoms with Gasteiger partial charge in [0.25, 0.3) is 0 Å². The standard InChI is InChI=1S/C15H24N2O3S/c1-3-4-11-21(18,19)17-9-7-14(8-10-17)20-15-6-5-13(2)16-12-15/h5-6,12,14H,3-4,7-11H2,1-2H3. The predicted octanol–water partition coefficient (Wildman–Crippen LogP) is 2.36. The fourth-order valence-electron chi connectivity index (χ4n) is 2.40. The van der Waals surface area contributed by atoms with E-state index in [0.29, 0.717) is 13.1 Å². The lowest BCUT2D eigenvalue weighted by Crippen LogP contribution is -2.42. The Hall–Kier alpha value is -1.14. The van der Waals surface area contributed by atoms with Crippen LogP contribution in [0.4, 0.5) is 0 Å². The van der Waals surface area contributed by atoms with Crippen LogP contribution in [0.5, 0.6) is 5.75 Å². The largest absolute Gasteiger partial charge is 0.489 e. The van der Waals surface area contributed by atoms with Crippen LogP contribution in [0, 0.1) is 6.92 Å². The Morgan fingerprint density at radius 3 is 2.62 bits per heavy atom. The van der Waals surface area contributed by atoms with E-state index >= 15 is 0 Å². The molecule has 1 aromatic heterocycles. The molecule has 0 aliphatic carbocycles. The molecule has 118 valence electrons. The number of hydrogen-bond donors (Lipinski definition) is 0. The number of unbranched alkanes of at least 4 members (excludes halogenated alkanes) is 1. The smallest absolute Gasteiger partial charge is 0.214 e. The number of hydrogen-bond acceptors (Lipinski definition) is 4. The molecule has 1 aromatic rings. The van der Waals surface area contributed by atoms with Gasteiger partial charge in [0, 0.05) is 18.8 Å². The van der Waals surface area contributed by atoms with Crippen molar-refractivity contribution in [1.82, 2.24) is 9.29 Å². The van der Waals surface area contributed by atoms with Crippen LogP contribution in [0.3, 0.4) is 0 Å². The van der Waals surface area contributed by atoms with Gasteiger partial charge in [-0.05, 0) is 38.3 Å². The van der Waals surface area contributed by atoms with Crippen molar-refractivity contribution in [3.05, 3.63) is 24.0 Å². The number of ether oxygens (including phenoxy) is 1. The summed E-state index contributed by atoms with van der Waals surface area (Å²) >= 11 is 0. The number of pyridine rings is 1. The first-order valence-electron chi connectivity index (χ1n) is 7.58. The molecule has 0 aromatic carbocycles. The topological polar surface area (TPSA) is 59.5 Å². The average Bonchev–Trinajstić information content (AvgIpc) is 2.48. The highest BCUT2D eigenvalue weighted by Gasteiger charge is 2.28. The highest BCUT2D eigenvalue weighted by Crippen LogP contribution is 2.20. The molecule has 2 heterocycles. The summed E-state index contributed by atoms with van der Waals surface area (Å²) in [7, 11) is -3.08. The summed E-state index contributed by atoms with van der Waals surface area (Å²) in [5, 5.41) is 0. The Bertz CT molecular complexity index is 535. The zero-order valence-corrected chi connectivity index (χ0v) is 13.6. The maximum atomic E-state index is 12.1. The van der Waals surface area contributed by atoms with Gasteiger partial charge in [-0.25, -0.2) is 12.7 Å². The third-order valence-corrected chi connectivity index (χ3v) is 5.69. The van der Waals surface area contributed by atoms with Crippen molar-refractivity contribution >= 4 is 10.0 Å². The van der Waals surface area contributed by atoms with Gasteiger partial charge in [-0.2, -0.15) is 0 Å². The van der Waals surface area contributed by atoms with Gasteiger partial charge in [0.15, 0.2) is 0 Å². The predicted molar refractivity (Wildman–Crippen MR) is 82.9 cm³/mol. The van der Waals surface area contributed by atoms with Crippen molar-refractivity contribution < 1.29 is 13.2 Å². The van der Waals surface area contributed by atoms with Gasteiger partial charge in [0.2, 0.25) is 10.0 Å². The van der Waals surface area contributed by atoms with Crippen molar-refractivity contribution in [2.75, 3.05) is 18.8 Å². The van der Waals surface area contributed by atoms with Gasteiger partial charge < -0.3 is 4.74 Å². The van der Waals surface area contributed by atoms with Crippen LogP contribution in [0.1, 0.15) is 38.3 Å². The zero-order valence-electron chi connectivity index (χ0n) is 12.8. The number of nitrogens with zero attached hydrogens (tertiary/aromatic N) is 2. The molecule has 1 saturated heterocycles. The number of aromatic nitrogens is 1. The number of piperidine rings is 1. The summed E-state index contributed by atoms with van der Waals surface area (Å²) in [5.74, 6) is 1.02. The molecule has 6 heteroatoms. The SMILES string of the molecule is CCCCS(=O)(=O)N1CCC(Oc2ccc(C)nc2)CC1. The molecule has 0 atom stereocenters. The molecule has 2 rings (SSSR count). The van der Waals surface area contributed by atoms with E-state index in [1.807, 2.05) is 26.0 Å². The van der Waals surface area contributed by atoms with E-state index in [4.69, 9.17) is 4.74 Å². The molecule has 0 saturated carbocycles. The molecule has 5 nitrogen and oxygen atoms in total. The highest BCUT2D eigenvalue weighted by atomic mass is 32.2. The lowest BCUT2D eigenvalue weighted by molar-refractivity contribution is 0.134. The minimum Gasteiger partial charge on any atom is -0.489 e. The molecule has 0 N–H and O–H groups in total. The lowest BCUT2D eigenvalue weighted by Gasteiger charge is -2.31. The van der Waals surface area contributed by atoms with Crippen LogP contribution in [0.15, 0.2) is 18.3 Å². The Kier molecular flexibility index (Phi) is 5.58. The quantitative estimate of drug-likeness (QED) is 0.809. The fraction of sp³-hybridized carbons (Fsp3) is 0.667.